The fourth-order valence-corrected chi connectivity index (χ4v) is 2.40. The lowest BCUT2D eigenvalue weighted by Gasteiger charge is -2.15. The summed E-state index contributed by atoms with van der Waals surface area (Å²) in [5.74, 6) is 0.806. The van der Waals surface area contributed by atoms with Gasteiger partial charge in [0, 0.05) is 6.54 Å². The van der Waals surface area contributed by atoms with Crippen molar-refractivity contribution in [2.75, 3.05) is 6.61 Å². The van der Waals surface area contributed by atoms with E-state index in [4.69, 9.17) is 16.3 Å². The van der Waals surface area contributed by atoms with Gasteiger partial charge < -0.3 is 9.84 Å². The van der Waals surface area contributed by atoms with Gasteiger partial charge in [0.1, 0.15) is 11.9 Å². The fourth-order valence-electron chi connectivity index (χ4n) is 2.16. The molecule has 1 atom stereocenters. The normalized spacial score (nSPS) is 12.4. The number of rotatable bonds is 7. The Morgan fingerprint density at radius 1 is 1.24 bits per heavy atom. The highest BCUT2D eigenvalue weighted by atomic mass is 35.5. The van der Waals surface area contributed by atoms with Gasteiger partial charge in [-0.3, -0.25) is 4.68 Å². The van der Waals surface area contributed by atoms with E-state index in [1.54, 1.807) is 10.9 Å². The van der Waals surface area contributed by atoms with Gasteiger partial charge in [-0.1, -0.05) is 37.6 Å². The molecular formula is C16H21ClN2O2. The number of halogens is 1. The van der Waals surface area contributed by atoms with E-state index in [0.717, 1.165) is 30.7 Å². The molecule has 21 heavy (non-hydrogen) atoms. The van der Waals surface area contributed by atoms with Gasteiger partial charge in [-0.25, -0.2) is 0 Å². The molecule has 0 radical (unpaired) electrons. The second-order valence-electron chi connectivity index (χ2n) is 4.92. The Labute approximate surface area is 130 Å². The number of ether oxygens (including phenoxy) is 1. The molecule has 0 fully saturated rings. The molecule has 0 aliphatic carbocycles. The molecule has 0 bridgehead atoms. The monoisotopic (exact) mass is 308 g/mol. The molecule has 1 unspecified atom stereocenters. The van der Waals surface area contributed by atoms with Gasteiger partial charge in [-0.2, -0.15) is 5.10 Å². The largest absolute Gasteiger partial charge is 0.494 e. The van der Waals surface area contributed by atoms with Gasteiger partial charge in [0.25, 0.3) is 0 Å². The molecule has 0 saturated carbocycles. The standard InChI is InChI=1S/C16H21ClN2O2/c1-3-9-19-15(14(17)11-18-19)16(20)12-5-7-13(8-6-12)21-10-4-2/h5-8,11,16,20H,3-4,9-10H2,1-2H3. The van der Waals surface area contributed by atoms with E-state index in [-0.39, 0.29) is 0 Å². The van der Waals surface area contributed by atoms with E-state index in [0.29, 0.717) is 17.3 Å². The molecule has 114 valence electrons. The van der Waals surface area contributed by atoms with Crippen molar-refractivity contribution in [3.63, 3.8) is 0 Å². The lowest BCUT2D eigenvalue weighted by atomic mass is 10.1. The van der Waals surface area contributed by atoms with E-state index < -0.39 is 6.10 Å². The Morgan fingerprint density at radius 3 is 2.57 bits per heavy atom. The maximum absolute atomic E-state index is 10.5. The second kappa shape index (κ2) is 7.48. The number of aliphatic hydroxyl groups excluding tert-OH is 1. The maximum atomic E-state index is 10.5. The minimum atomic E-state index is -0.785. The van der Waals surface area contributed by atoms with E-state index in [1.807, 2.05) is 24.3 Å². The molecule has 0 saturated heterocycles. The summed E-state index contributed by atoms with van der Waals surface area (Å²) >= 11 is 6.16. The third-order valence-corrected chi connectivity index (χ3v) is 3.49. The third kappa shape index (κ3) is 3.77. The Balaban J connectivity index is 2.19. The van der Waals surface area contributed by atoms with Crippen molar-refractivity contribution in [1.82, 2.24) is 9.78 Å². The predicted molar refractivity (Wildman–Crippen MR) is 83.8 cm³/mol. The fraction of sp³-hybridized carbons (Fsp3) is 0.438. The van der Waals surface area contributed by atoms with Crippen molar-refractivity contribution in [2.24, 2.45) is 0 Å². The Hall–Kier alpha value is -1.52. The minimum Gasteiger partial charge on any atom is -0.494 e. The van der Waals surface area contributed by atoms with Gasteiger partial charge in [-0.15, -0.1) is 0 Å². The molecule has 0 amide bonds. The summed E-state index contributed by atoms with van der Waals surface area (Å²) in [7, 11) is 0. The van der Waals surface area contributed by atoms with Crippen LogP contribution in [-0.4, -0.2) is 21.5 Å². The molecule has 0 aliphatic rings. The first-order chi connectivity index (χ1) is 10.2. The van der Waals surface area contributed by atoms with Crippen LogP contribution in [0.25, 0.3) is 0 Å². The topological polar surface area (TPSA) is 47.3 Å². The SMILES string of the molecule is CCCOc1ccc(C(O)c2c(Cl)cnn2CCC)cc1. The molecule has 0 spiro atoms. The van der Waals surface area contributed by atoms with Crippen molar-refractivity contribution in [3.05, 3.63) is 46.7 Å². The average molecular weight is 309 g/mol. The van der Waals surface area contributed by atoms with E-state index in [9.17, 15) is 5.11 Å². The highest BCUT2D eigenvalue weighted by molar-refractivity contribution is 6.31. The molecule has 1 N–H and O–H groups in total. The van der Waals surface area contributed by atoms with Crippen LogP contribution in [0.4, 0.5) is 0 Å². The summed E-state index contributed by atoms with van der Waals surface area (Å²) in [6, 6.07) is 7.44. The van der Waals surface area contributed by atoms with Gasteiger partial charge in [0.2, 0.25) is 0 Å². The number of hydrogen-bond donors (Lipinski definition) is 1. The summed E-state index contributed by atoms with van der Waals surface area (Å²) in [5, 5.41) is 15.2. The van der Waals surface area contributed by atoms with Crippen LogP contribution in [0.2, 0.25) is 5.02 Å². The predicted octanol–water partition coefficient (Wildman–Crippen LogP) is 3.82. The number of aromatic nitrogens is 2. The molecule has 1 aromatic heterocycles. The molecule has 1 heterocycles. The molecule has 0 aliphatic heterocycles. The molecule has 2 aromatic rings. The summed E-state index contributed by atoms with van der Waals surface area (Å²) in [4.78, 5) is 0. The molecule has 2 rings (SSSR count). The van der Waals surface area contributed by atoms with Crippen LogP contribution in [0, 0.1) is 0 Å². The Morgan fingerprint density at radius 2 is 1.95 bits per heavy atom. The quantitative estimate of drug-likeness (QED) is 0.846. The zero-order valence-corrected chi connectivity index (χ0v) is 13.2. The summed E-state index contributed by atoms with van der Waals surface area (Å²) < 4.78 is 7.30. The summed E-state index contributed by atoms with van der Waals surface area (Å²) in [6.45, 7) is 5.55. The molecule has 4 nitrogen and oxygen atoms in total. The highest BCUT2D eigenvalue weighted by Crippen LogP contribution is 2.29. The van der Waals surface area contributed by atoms with Gasteiger partial charge in [0.15, 0.2) is 0 Å². The van der Waals surface area contributed by atoms with Crippen LogP contribution < -0.4 is 4.74 Å². The number of nitrogens with zero attached hydrogens (tertiary/aromatic N) is 2. The third-order valence-electron chi connectivity index (χ3n) is 3.20. The minimum absolute atomic E-state index is 0.488. The smallest absolute Gasteiger partial charge is 0.122 e. The van der Waals surface area contributed by atoms with E-state index >= 15 is 0 Å². The summed E-state index contributed by atoms with van der Waals surface area (Å²) in [6.07, 6.45) is 2.69. The highest BCUT2D eigenvalue weighted by Gasteiger charge is 2.19. The Bertz CT molecular complexity index is 566. The van der Waals surface area contributed by atoms with Crippen LogP contribution in [0.3, 0.4) is 0 Å². The van der Waals surface area contributed by atoms with Crippen LogP contribution in [0.5, 0.6) is 5.75 Å². The number of hydrogen-bond acceptors (Lipinski definition) is 3. The first kappa shape index (κ1) is 15.9. The van der Waals surface area contributed by atoms with Gasteiger partial charge >= 0.3 is 0 Å². The second-order valence-corrected chi connectivity index (χ2v) is 5.33. The van der Waals surface area contributed by atoms with E-state index in [2.05, 4.69) is 18.9 Å². The van der Waals surface area contributed by atoms with Crippen molar-refractivity contribution in [3.8, 4) is 5.75 Å². The van der Waals surface area contributed by atoms with E-state index in [1.165, 1.54) is 0 Å². The van der Waals surface area contributed by atoms with Gasteiger partial charge in [-0.05, 0) is 30.5 Å². The number of aliphatic hydroxyl groups is 1. The number of benzene rings is 1. The molecular weight excluding hydrogens is 288 g/mol. The van der Waals surface area contributed by atoms with Crippen LogP contribution in [0.15, 0.2) is 30.5 Å². The van der Waals surface area contributed by atoms with Crippen LogP contribution in [0.1, 0.15) is 44.1 Å². The molecule has 5 heteroatoms. The Kier molecular flexibility index (Phi) is 5.65. The first-order valence-electron chi connectivity index (χ1n) is 7.29. The zero-order chi connectivity index (χ0) is 15.2. The lowest BCUT2D eigenvalue weighted by Crippen LogP contribution is -2.10. The van der Waals surface area contributed by atoms with Crippen LogP contribution in [-0.2, 0) is 6.54 Å². The van der Waals surface area contributed by atoms with Crippen molar-refractivity contribution in [1.29, 1.82) is 0 Å². The zero-order valence-electron chi connectivity index (χ0n) is 12.4. The summed E-state index contributed by atoms with van der Waals surface area (Å²) in [5.41, 5.74) is 1.42. The average Bonchev–Trinajstić information content (AvgIpc) is 2.86. The maximum Gasteiger partial charge on any atom is 0.122 e. The first-order valence-corrected chi connectivity index (χ1v) is 7.67. The van der Waals surface area contributed by atoms with Crippen molar-refractivity contribution in [2.45, 2.75) is 39.3 Å². The van der Waals surface area contributed by atoms with Gasteiger partial charge in [0.05, 0.1) is 23.5 Å². The lowest BCUT2D eigenvalue weighted by molar-refractivity contribution is 0.207. The molecule has 1 aromatic carbocycles. The van der Waals surface area contributed by atoms with Crippen LogP contribution >= 0.6 is 11.6 Å². The van der Waals surface area contributed by atoms with Crippen molar-refractivity contribution < 1.29 is 9.84 Å². The number of aryl methyl sites for hydroxylation is 1. The van der Waals surface area contributed by atoms with Crippen molar-refractivity contribution >= 4 is 11.6 Å².